The van der Waals surface area contributed by atoms with Crippen LogP contribution in [0.4, 0.5) is 0 Å². The van der Waals surface area contributed by atoms with E-state index in [2.05, 4.69) is 0 Å². The Morgan fingerprint density at radius 2 is 1.84 bits per heavy atom. The molecule has 0 radical (unpaired) electrons. The summed E-state index contributed by atoms with van der Waals surface area (Å²) in [5, 5.41) is 21.1. The minimum absolute atomic E-state index is 0.0200. The van der Waals surface area contributed by atoms with Gasteiger partial charge in [0, 0.05) is 12.2 Å². The Morgan fingerprint density at radius 3 is 2.47 bits per heavy atom. The van der Waals surface area contributed by atoms with Crippen molar-refractivity contribution >= 4 is 18.2 Å². The van der Waals surface area contributed by atoms with E-state index in [0.29, 0.717) is 18.3 Å². The molecule has 9 nitrogen and oxygen atoms in total. The number of carbonyl (C=O) groups excluding carboxylic acids is 3. The number of carbonyl (C=O) groups is 3. The molecule has 9 heteroatoms. The van der Waals surface area contributed by atoms with Gasteiger partial charge < -0.3 is 29.2 Å². The number of phenolic OH excluding ortho intramolecular Hbond substituents is 2. The molecule has 0 bridgehead atoms. The number of aldehydes is 1. The number of rotatable bonds is 7. The van der Waals surface area contributed by atoms with E-state index in [1.165, 1.54) is 13.0 Å². The number of fused-ring (bicyclic) bond motifs is 2. The van der Waals surface area contributed by atoms with Crippen molar-refractivity contribution in [2.45, 2.75) is 40.7 Å². The minimum Gasteiger partial charge on any atom is -0.507 e. The third kappa shape index (κ3) is 3.87. The monoisotopic (exact) mass is 444 g/mol. The van der Waals surface area contributed by atoms with Gasteiger partial charge in [0.1, 0.15) is 22.6 Å². The van der Waals surface area contributed by atoms with Gasteiger partial charge in [0.2, 0.25) is 0 Å². The van der Waals surface area contributed by atoms with E-state index in [0.717, 1.165) is 0 Å². The number of esters is 2. The molecule has 2 aromatic carbocycles. The molecular weight excluding hydrogens is 420 g/mol. The van der Waals surface area contributed by atoms with Crippen LogP contribution in [0.1, 0.15) is 68.0 Å². The molecule has 0 spiro atoms. The third-order valence-corrected chi connectivity index (χ3v) is 5.03. The van der Waals surface area contributed by atoms with Gasteiger partial charge in [-0.25, -0.2) is 9.59 Å². The van der Waals surface area contributed by atoms with Crippen molar-refractivity contribution in [2.75, 3.05) is 13.2 Å². The van der Waals surface area contributed by atoms with Gasteiger partial charge in [-0.2, -0.15) is 0 Å². The van der Waals surface area contributed by atoms with Crippen LogP contribution < -0.4 is 9.47 Å². The van der Waals surface area contributed by atoms with Crippen LogP contribution in [0.3, 0.4) is 0 Å². The zero-order chi connectivity index (χ0) is 23.6. The number of hydrogen-bond donors (Lipinski definition) is 2. The highest BCUT2D eigenvalue weighted by Crippen LogP contribution is 2.50. The molecule has 2 N–H and O–H groups in total. The van der Waals surface area contributed by atoms with Gasteiger partial charge in [-0.15, -0.1) is 0 Å². The molecule has 1 aliphatic heterocycles. The number of phenols is 2. The van der Waals surface area contributed by atoms with Crippen LogP contribution in [0, 0.1) is 13.8 Å². The van der Waals surface area contributed by atoms with Gasteiger partial charge in [-0.1, -0.05) is 6.92 Å². The maximum Gasteiger partial charge on any atom is 0.347 e. The van der Waals surface area contributed by atoms with E-state index in [1.807, 2.05) is 6.92 Å². The highest BCUT2D eigenvalue weighted by molar-refractivity contribution is 6.03. The number of aromatic hydroxyl groups is 2. The fourth-order valence-electron chi connectivity index (χ4n) is 3.45. The van der Waals surface area contributed by atoms with Crippen LogP contribution in [0.25, 0.3) is 0 Å². The Labute approximate surface area is 184 Å². The first kappa shape index (κ1) is 23.1. The van der Waals surface area contributed by atoms with E-state index in [-0.39, 0.29) is 70.6 Å². The van der Waals surface area contributed by atoms with Crippen molar-refractivity contribution in [2.24, 2.45) is 0 Å². The lowest BCUT2D eigenvalue weighted by molar-refractivity contribution is 0.0499. The van der Waals surface area contributed by atoms with Crippen LogP contribution in [0.5, 0.6) is 28.7 Å². The van der Waals surface area contributed by atoms with Gasteiger partial charge in [-0.3, -0.25) is 4.79 Å². The van der Waals surface area contributed by atoms with Crippen molar-refractivity contribution < 1.29 is 43.5 Å². The van der Waals surface area contributed by atoms with Crippen molar-refractivity contribution in [3.8, 4) is 28.7 Å². The second-order valence-corrected chi connectivity index (χ2v) is 7.20. The van der Waals surface area contributed by atoms with E-state index in [1.54, 1.807) is 13.8 Å². The fourth-order valence-corrected chi connectivity index (χ4v) is 3.45. The summed E-state index contributed by atoms with van der Waals surface area (Å²) in [7, 11) is 0. The van der Waals surface area contributed by atoms with Gasteiger partial charge in [0.25, 0.3) is 0 Å². The number of benzene rings is 2. The zero-order valence-corrected chi connectivity index (χ0v) is 18.2. The molecule has 1 aliphatic rings. The summed E-state index contributed by atoms with van der Waals surface area (Å²) in [4.78, 5) is 37.3. The Bertz CT molecular complexity index is 1100. The zero-order valence-electron chi connectivity index (χ0n) is 18.2. The standard InChI is InChI=1S/C23H24O9/c1-5-7-30-22(27)17-12(4)19-21(14(18(17)26)10-29-6-2)32-23(28)16-11(3)8-15(25)13(9-24)20(16)31-19/h8-9,25-26H,5-7,10H2,1-4H3. The largest absolute Gasteiger partial charge is 0.507 e. The van der Waals surface area contributed by atoms with Crippen molar-refractivity contribution in [3.05, 3.63) is 39.4 Å². The van der Waals surface area contributed by atoms with Crippen LogP contribution >= 0.6 is 0 Å². The highest BCUT2D eigenvalue weighted by atomic mass is 16.6. The predicted octanol–water partition coefficient (Wildman–Crippen LogP) is 3.96. The molecule has 170 valence electrons. The van der Waals surface area contributed by atoms with Gasteiger partial charge in [0.05, 0.1) is 24.3 Å². The van der Waals surface area contributed by atoms with Crippen molar-refractivity contribution in [1.29, 1.82) is 0 Å². The lowest BCUT2D eigenvalue weighted by Crippen LogP contribution is -2.13. The molecule has 2 aromatic rings. The molecule has 0 amide bonds. The highest BCUT2D eigenvalue weighted by Gasteiger charge is 2.35. The van der Waals surface area contributed by atoms with E-state index >= 15 is 0 Å². The maximum atomic E-state index is 13.0. The van der Waals surface area contributed by atoms with Gasteiger partial charge >= 0.3 is 11.9 Å². The summed E-state index contributed by atoms with van der Waals surface area (Å²) in [6.07, 6.45) is 0.935. The summed E-state index contributed by atoms with van der Waals surface area (Å²) < 4.78 is 22.1. The van der Waals surface area contributed by atoms with Gasteiger partial charge in [0.15, 0.2) is 23.5 Å². The summed E-state index contributed by atoms with van der Waals surface area (Å²) in [6.45, 7) is 6.84. The molecule has 0 unspecified atom stereocenters. The average molecular weight is 444 g/mol. The smallest absolute Gasteiger partial charge is 0.347 e. The van der Waals surface area contributed by atoms with E-state index < -0.39 is 17.7 Å². The summed E-state index contributed by atoms with van der Waals surface area (Å²) in [6, 6.07) is 1.25. The first-order chi connectivity index (χ1) is 15.3. The van der Waals surface area contributed by atoms with Crippen LogP contribution in [0.2, 0.25) is 0 Å². The predicted molar refractivity (Wildman–Crippen MR) is 112 cm³/mol. The quantitative estimate of drug-likeness (QED) is 0.370. The maximum absolute atomic E-state index is 13.0. The third-order valence-electron chi connectivity index (χ3n) is 5.03. The molecule has 0 saturated carbocycles. The minimum atomic E-state index is -0.850. The Kier molecular flexibility index (Phi) is 6.69. The van der Waals surface area contributed by atoms with Crippen LogP contribution in [0.15, 0.2) is 6.07 Å². The second kappa shape index (κ2) is 9.27. The summed E-state index contributed by atoms with van der Waals surface area (Å²) >= 11 is 0. The molecule has 0 aliphatic carbocycles. The average Bonchev–Trinajstić information content (AvgIpc) is 2.89. The molecule has 0 aromatic heterocycles. The van der Waals surface area contributed by atoms with Crippen molar-refractivity contribution in [1.82, 2.24) is 0 Å². The van der Waals surface area contributed by atoms with Gasteiger partial charge in [-0.05, 0) is 38.8 Å². The lowest BCUT2D eigenvalue weighted by atomic mass is 10.00. The first-order valence-electron chi connectivity index (χ1n) is 10.1. The molecular formula is C23H24O9. The Morgan fingerprint density at radius 1 is 1.12 bits per heavy atom. The lowest BCUT2D eigenvalue weighted by Gasteiger charge is -2.19. The molecule has 0 saturated heterocycles. The number of hydrogen-bond acceptors (Lipinski definition) is 9. The summed E-state index contributed by atoms with van der Waals surface area (Å²) in [5.74, 6) is -2.88. The Balaban J connectivity index is 2.33. The SMILES string of the molecule is CCCOC(=O)c1c(C)c2c(c(COCC)c1O)OC(=O)c1c(C)cc(O)c(C=O)c1O2. The van der Waals surface area contributed by atoms with Crippen LogP contribution in [-0.4, -0.2) is 41.7 Å². The Hall–Kier alpha value is -3.59. The molecule has 1 heterocycles. The topological polar surface area (TPSA) is 129 Å². The number of ether oxygens (including phenoxy) is 4. The second-order valence-electron chi connectivity index (χ2n) is 7.20. The van der Waals surface area contributed by atoms with Crippen LogP contribution in [-0.2, 0) is 16.1 Å². The molecule has 3 rings (SSSR count). The number of aryl methyl sites for hydroxylation is 1. The van der Waals surface area contributed by atoms with E-state index in [9.17, 15) is 24.6 Å². The van der Waals surface area contributed by atoms with E-state index in [4.69, 9.17) is 18.9 Å². The first-order valence-corrected chi connectivity index (χ1v) is 10.1. The summed E-state index contributed by atoms with van der Waals surface area (Å²) in [5.41, 5.74) is -0.00150. The molecule has 0 fully saturated rings. The van der Waals surface area contributed by atoms with Crippen molar-refractivity contribution in [3.63, 3.8) is 0 Å². The molecule has 32 heavy (non-hydrogen) atoms. The fraction of sp³-hybridized carbons (Fsp3) is 0.348. The normalized spacial score (nSPS) is 12.2. The molecule has 0 atom stereocenters.